The fraction of sp³-hybridized carbons (Fsp3) is 0.795. The summed E-state index contributed by atoms with van der Waals surface area (Å²) in [6.07, 6.45) is 11.7. The number of rotatable bonds is 33. The Morgan fingerprint density at radius 2 is 0.778 bits per heavy atom. The third-order valence-corrected chi connectivity index (χ3v) is 17.6. The highest BCUT2D eigenvalue weighted by Gasteiger charge is 2.30. The second-order valence-corrected chi connectivity index (χ2v) is 37.6. The van der Waals surface area contributed by atoms with Crippen LogP contribution in [0.5, 0.6) is 0 Å². The first-order chi connectivity index (χ1) is 41.3. The zero-order chi connectivity index (χ0) is 72.2. The smallest absolute Gasteiger partial charge is 0.152 e. The van der Waals surface area contributed by atoms with Gasteiger partial charge in [0.1, 0.15) is 48.3 Å². The molecule has 0 bridgehead atoms. The molecule has 4 unspecified atom stereocenters. The van der Waals surface area contributed by atoms with E-state index in [-0.39, 0.29) is 63.3 Å². The van der Waals surface area contributed by atoms with E-state index >= 15 is 0 Å². The molecule has 0 spiro atoms. The standard InChI is InChI=1S/C14H27NO.C12H27NOSi2.C11H21NO.C10H19NO.C9H14N2O.C9H17NO.C8H15NO/c1-8-9-15-11(13(2,3)4)10-12(16)14(5,6)7;1-8-9-13-11(15(2,3)4)10-12(14)16(5,6)7;1-5-7-11(10(4)13)9(3)12-8-6-2;1-5-7-11-8(3)10(6-2)9(4)12;1-4-5-11-7(2)9(6-10)8(3)12;1-5-6-10-8(3)7(2)9(4)11;1-4-5-9-7(2)6-8(3)10/h2*8-10H2,1-7H3;11H,5-8H2,1-4H3;10H,5-7H2,1-4H3;9H,4-5H2,1-3H3;7H,5-6H2,1-4H3;4-6H2,1-3H3. The van der Waals surface area contributed by atoms with Gasteiger partial charge in [-0.2, -0.15) is 5.26 Å². The van der Waals surface area contributed by atoms with Gasteiger partial charge in [-0.15, -0.1) is 0 Å². The number of ketones is 6. The molecular formula is C73H140N8O7Si2. The van der Waals surface area contributed by atoms with Crippen molar-refractivity contribution in [3.8, 4) is 6.07 Å². The molecule has 0 saturated carbocycles. The average molecular weight is 1300 g/mol. The SMILES string of the molecule is CCCN=C(C)C(C#N)C(C)=O.CCCN=C(C)C(C)C(C)=O.CCCN=C(C)C(CC)C(C)=O.CCCN=C(C)C(CCC)C(C)=O.CCCN=C(C)CC(C)=O.CCCN=C(CC(=O)C(C)(C)C)C(C)(C)C.CCCN=C(CC(=O)[Si](C)(C)C)[Si](C)(C)C. The van der Waals surface area contributed by atoms with Crippen LogP contribution >= 0.6 is 0 Å². The van der Waals surface area contributed by atoms with Crippen LogP contribution < -0.4 is 0 Å². The third-order valence-electron chi connectivity index (χ3n) is 13.7. The number of aliphatic imine (C=N–C) groups is 7. The highest BCUT2D eigenvalue weighted by molar-refractivity contribution is 7.09. The lowest BCUT2D eigenvalue weighted by molar-refractivity contribution is -0.125. The molecule has 15 nitrogen and oxygen atoms in total. The van der Waals surface area contributed by atoms with Crippen molar-refractivity contribution in [1.29, 1.82) is 5.26 Å². The van der Waals surface area contributed by atoms with Gasteiger partial charge in [0.25, 0.3) is 0 Å². The lowest BCUT2D eigenvalue weighted by Crippen LogP contribution is -2.41. The largest absolute Gasteiger partial charge is 0.305 e. The van der Waals surface area contributed by atoms with Crippen LogP contribution in [0.4, 0.5) is 0 Å². The molecule has 0 aromatic rings. The predicted octanol–water partition coefficient (Wildman–Crippen LogP) is 18.3. The summed E-state index contributed by atoms with van der Waals surface area (Å²) in [5.74, 6) is 0.493. The quantitative estimate of drug-likeness (QED) is 0.0452. The summed E-state index contributed by atoms with van der Waals surface area (Å²) in [5.41, 5.74) is 5.31. The van der Waals surface area contributed by atoms with Gasteiger partial charge < -0.3 is 4.79 Å². The van der Waals surface area contributed by atoms with Crippen LogP contribution in [0.2, 0.25) is 39.3 Å². The summed E-state index contributed by atoms with van der Waals surface area (Å²) in [4.78, 5) is 109. The minimum absolute atomic E-state index is 0.00144. The molecule has 17 heteroatoms. The molecule has 0 N–H and O–H groups in total. The highest BCUT2D eigenvalue weighted by atomic mass is 28.3. The summed E-state index contributed by atoms with van der Waals surface area (Å²) in [5, 5.41) is 10.3. The van der Waals surface area contributed by atoms with E-state index in [4.69, 9.17) is 5.26 Å². The lowest BCUT2D eigenvalue weighted by Gasteiger charge is -2.24. The van der Waals surface area contributed by atoms with E-state index in [2.05, 4.69) is 143 Å². The van der Waals surface area contributed by atoms with Crippen LogP contribution in [0.3, 0.4) is 0 Å². The van der Waals surface area contributed by atoms with Crippen molar-refractivity contribution >= 4 is 95.9 Å². The predicted molar refractivity (Wildman–Crippen MR) is 400 cm³/mol. The molecule has 522 valence electrons. The van der Waals surface area contributed by atoms with E-state index in [1.807, 2.05) is 75.3 Å². The van der Waals surface area contributed by atoms with Crippen LogP contribution in [-0.4, -0.2) is 142 Å². The average Bonchev–Trinajstić information content (AvgIpc) is 1.80. The van der Waals surface area contributed by atoms with E-state index in [1.165, 1.54) is 12.3 Å². The van der Waals surface area contributed by atoms with Gasteiger partial charge >= 0.3 is 0 Å². The summed E-state index contributed by atoms with van der Waals surface area (Å²) in [6, 6.07) is 1.93. The summed E-state index contributed by atoms with van der Waals surface area (Å²) in [7, 11) is -3.05. The molecule has 0 heterocycles. The molecule has 0 rings (SSSR count). The summed E-state index contributed by atoms with van der Waals surface area (Å²) < 4.78 is 0. The Balaban J connectivity index is -0.000000180. The highest BCUT2D eigenvalue weighted by Crippen LogP contribution is 2.24. The van der Waals surface area contributed by atoms with Crippen molar-refractivity contribution in [3.63, 3.8) is 0 Å². The van der Waals surface area contributed by atoms with Gasteiger partial charge in [-0.25, -0.2) is 0 Å². The fourth-order valence-corrected chi connectivity index (χ4v) is 9.56. The Bertz CT molecular complexity index is 2250. The second-order valence-electron chi connectivity index (χ2n) is 27.5. The van der Waals surface area contributed by atoms with E-state index in [0.717, 1.165) is 132 Å². The minimum Gasteiger partial charge on any atom is -0.305 e. The molecule has 4 atom stereocenters. The van der Waals surface area contributed by atoms with Crippen LogP contribution in [0.15, 0.2) is 34.9 Å². The summed E-state index contributed by atoms with van der Waals surface area (Å²) in [6.45, 7) is 69.2. The first-order valence-corrected chi connectivity index (χ1v) is 40.9. The molecule has 0 aliphatic heterocycles. The van der Waals surface area contributed by atoms with Crippen molar-refractivity contribution in [1.82, 2.24) is 0 Å². The van der Waals surface area contributed by atoms with Crippen molar-refractivity contribution < 1.29 is 33.6 Å². The maximum Gasteiger partial charge on any atom is 0.152 e. The van der Waals surface area contributed by atoms with E-state index in [0.29, 0.717) is 36.9 Å². The van der Waals surface area contributed by atoms with Gasteiger partial charge in [-0.1, -0.05) is 156 Å². The number of hydrogen-bond acceptors (Lipinski definition) is 15. The zero-order valence-corrected chi connectivity index (χ0v) is 66.4. The van der Waals surface area contributed by atoms with Gasteiger partial charge in [-0.3, -0.25) is 63.7 Å². The molecule has 0 saturated heterocycles. The lowest BCUT2D eigenvalue weighted by atomic mass is 9.81. The number of carbonyl (C=O) groups is 7. The van der Waals surface area contributed by atoms with E-state index < -0.39 is 22.1 Å². The van der Waals surface area contributed by atoms with E-state index in [1.54, 1.807) is 34.6 Å². The first kappa shape index (κ1) is 98.9. The first-order valence-electron chi connectivity index (χ1n) is 33.9. The van der Waals surface area contributed by atoms with Crippen LogP contribution in [0.25, 0.3) is 0 Å². The normalized spacial score (nSPS) is 13.9. The minimum atomic E-state index is -1.64. The van der Waals surface area contributed by atoms with Crippen LogP contribution in [0, 0.1) is 45.8 Å². The number of Topliss-reactive ketones (excluding diaryl/α,β-unsaturated/α-hetero) is 6. The Morgan fingerprint density at radius 3 is 1.08 bits per heavy atom. The maximum atomic E-state index is 12.1. The Kier molecular flexibility index (Phi) is 62.6. The number of nitrogens with zero attached hydrogens (tertiary/aromatic N) is 8. The van der Waals surface area contributed by atoms with Gasteiger partial charge in [0.2, 0.25) is 0 Å². The molecule has 0 amide bonds. The van der Waals surface area contributed by atoms with Gasteiger partial charge in [0.15, 0.2) is 5.78 Å². The van der Waals surface area contributed by atoms with Crippen LogP contribution in [-0.2, 0) is 33.6 Å². The molecule has 0 aromatic carbocycles. The molecule has 0 radical (unpaired) electrons. The third kappa shape index (κ3) is 58.4. The topological polar surface area (TPSA) is 230 Å². The second kappa shape index (κ2) is 57.0. The Hall–Kier alpha value is -4.70. The van der Waals surface area contributed by atoms with Crippen molar-refractivity contribution in [2.45, 2.75) is 303 Å². The van der Waals surface area contributed by atoms with E-state index in [9.17, 15) is 33.6 Å². The molecule has 0 aliphatic carbocycles. The van der Waals surface area contributed by atoms with Gasteiger partial charge in [0, 0.05) is 116 Å². The van der Waals surface area contributed by atoms with Crippen LogP contribution in [0.1, 0.15) is 263 Å². The van der Waals surface area contributed by atoms with Crippen molar-refractivity contribution in [2.24, 2.45) is 69.4 Å². The molecule has 90 heavy (non-hydrogen) atoms. The number of nitriles is 1. The molecule has 0 aliphatic rings. The number of carbonyl (C=O) groups excluding carboxylic acids is 7. The Labute approximate surface area is 556 Å². The zero-order valence-electron chi connectivity index (χ0n) is 64.4. The molecular weight excluding hydrogens is 1160 g/mol. The molecule has 0 fully saturated rings. The fourth-order valence-electron chi connectivity index (χ4n) is 7.41. The van der Waals surface area contributed by atoms with Gasteiger partial charge in [0.05, 0.1) is 31.9 Å². The Morgan fingerprint density at radius 1 is 0.411 bits per heavy atom. The molecule has 0 aromatic heterocycles. The summed E-state index contributed by atoms with van der Waals surface area (Å²) >= 11 is 0. The van der Waals surface area contributed by atoms with Crippen molar-refractivity contribution in [2.75, 3.05) is 45.8 Å². The monoisotopic (exact) mass is 1300 g/mol. The number of hydrogen-bond donors (Lipinski definition) is 0. The van der Waals surface area contributed by atoms with Crippen molar-refractivity contribution in [3.05, 3.63) is 0 Å². The van der Waals surface area contributed by atoms with Gasteiger partial charge in [-0.05, 0) is 127 Å². The maximum absolute atomic E-state index is 12.1.